The molecule has 116 valence electrons. The van der Waals surface area contributed by atoms with E-state index in [2.05, 4.69) is 67.7 Å². The summed E-state index contributed by atoms with van der Waals surface area (Å²) in [5.41, 5.74) is 0.726. The topological polar surface area (TPSA) is 18.5 Å². The summed E-state index contributed by atoms with van der Waals surface area (Å²) < 4.78 is 12.8. The van der Waals surface area contributed by atoms with Gasteiger partial charge in [-0.05, 0) is 49.1 Å². The summed E-state index contributed by atoms with van der Waals surface area (Å²) in [6.07, 6.45) is 0. The molecule has 0 saturated carbocycles. The molecule has 0 fully saturated rings. The molecule has 0 saturated heterocycles. The third-order valence-corrected chi connectivity index (χ3v) is 13.8. The second kappa shape index (κ2) is 7.02. The fourth-order valence-corrected chi connectivity index (χ4v) is 14.5. The average molecular weight is 321 g/mol. The third-order valence-electron chi connectivity index (χ3n) is 2.65. The van der Waals surface area contributed by atoms with Gasteiger partial charge in [0.1, 0.15) is 0 Å². The highest BCUT2D eigenvalue weighted by Gasteiger charge is 2.34. The molecule has 0 aliphatic carbocycles. The lowest BCUT2D eigenvalue weighted by Crippen LogP contribution is -2.45. The van der Waals surface area contributed by atoms with Crippen molar-refractivity contribution in [3.05, 3.63) is 0 Å². The van der Waals surface area contributed by atoms with E-state index in [0.29, 0.717) is 10.8 Å². The molecular weight excluding hydrogens is 284 g/mol. The fraction of sp³-hybridized carbons (Fsp3) is 1.00. The van der Waals surface area contributed by atoms with Gasteiger partial charge in [-0.3, -0.25) is 0 Å². The van der Waals surface area contributed by atoms with E-state index < -0.39 is 26.6 Å². The summed E-state index contributed by atoms with van der Waals surface area (Å²) in [6.45, 7) is 22.9. The highest BCUT2D eigenvalue weighted by molar-refractivity contribution is 6.78. The van der Waals surface area contributed by atoms with Gasteiger partial charge in [0.25, 0.3) is 0 Å². The molecule has 0 aliphatic heterocycles. The Balaban J connectivity index is 4.75. The Morgan fingerprint density at radius 3 is 1.42 bits per heavy atom. The first-order valence-corrected chi connectivity index (χ1v) is 15.3. The predicted octanol–water partition coefficient (Wildman–Crippen LogP) is 4.52. The third kappa shape index (κ3) is 12.1. The van der Waals surface area contributed by atoms with E-state index in [1.54, 1.807) is 0 Å². The second-order valence-corrected chi connectivity index (χ2v) is 17.7. The molecule has 0 spiro atoms. The lowest BCUT2D eigenvalue weighted by molar-refractivity contribution is 0.364. The lowest BCUT2D eigenvalue weighted by atomic mass is 10.00. The molecule has 0 aromatic rings. The zero-order valence-corrected chi connectivity index (χ0v) is 18.2. The van der Waals surface area contributed by atoms with Crippen LogP contribution in [0.2, 0.25) is 38.3 Å². The first-order valence-electron chi connectivity index (χ1n) is 7.56. The predicted molar refractivity (Wildman–Crippen MR) is 94.2 cm³/mol. The number of hydrogen-bond donors (Lipinski definition) is 0. The van der Waals surface area contributed by atoms with E-state index in [1.165, 1.54) is 12.1 Å². The smallest absolute Gasteiger partial charge is 0.310 e. The number of hydrogen-bond acceptors (Lipinski definition) is 2. The van der Waals surface area contributed by atoms with Crippen LogP contribution in [-0.4, -0.2) is 26.6 Å². The maximum absolute atomic E-state index is 6.59. The quantitative estimate of drug-likeness (QED) is 0.670. The monoisotopic (exact) mass is 320 g/mol. The van der Waals surface area contributed by atoms with Crippen molar-refractivity contribution in [2.24, 2.45) is 10.8 Å². The van der Waals surface area contributed by atoms with E-state index in [4.69, 9.17) is 8.23 Å². The first kappa shape index (κ1) is 19.6. The van der Waals surface area contributed by atoms with Crippen LogP contribution in [0, 0.1) is 10.8 Å². The first-order chi connectivity index (χ1) is 8.20. The van der Waals surface area contributed by atoms with E-state index in [9.17, 15) is 0 Å². The van der Waals surface area contributed by atoms with Gasteiger partial charge >= 0.3 is 8.56 Å². The van der Waals surface area contributed by atoms with Crippen LogP contribution in [0.5, 0.6) is 0 Å². The Kier molecular flexibility index (Phi) is 7.23. The van der Waals surface area contributed by atoms with Crippen molar-refractivity contribution in [1.82, 2.24) is 0 Å². The van der Waals surface area contributed by atoms with Gasteiger partial charge in [-0.1, -0.05) is 41.5 Å². The van der Waals surface area contributed by atoms with Gasteiger partial charge < -0.3 is 8.23 Å². The van der Waals surface area contributed by atoms with Crippen LogP contribution >= 0.6 is 0 Å². The van der Waals surface area contributed by atoms with Gasteiger partial charge in [-0.2, -0.15) is 0 Å². The zero-order valence-electron chi connectivity index (χ0n) is 14.9. The molecule has 0 aromatic heterocycles. The number of rotatable bonds is 6. The van der Waals surface area contributed by atoms with Gasteiger partial charge in [0.05, 0.1) is 0 Å². The van der Waals surface area contributed by atoms with Crippen LogP contribution in [0.25, 0.3) is 0 Å². The molecule has 0 aliphatic rings. The van der Waals surface area contributed by atoms with Crippen molar-refractivity contribution in [3.63, 3.8) is 0 Å². The highest BCUT2D eigenvalue weighted by Crippen LogP contribution is 2.31. The van der Waals surface area contributed by atoms with Crippen molar-refractivity contribution in [2.45, 2.75) is 79.8 Å². The second-order valence-electron chi connectivity index (χ2n) is 8.84. The van der Waals surface area contributed by atoms with Crippen molar-refractivity contribution in [1.29, 1.82) is 0 Å². The van der Waals surface area contributed by atoms with Gasteiger partial charge in [0.2, 0.25) is 0 Å². The molecule has 19 heavy (non-hydrogen) atoms. The van der Waals surface area contributed by atoms with Gasteiger partial charge in [-0.15, -0.1) is 0 Å². The molecule has 0 N–H and O–H groups in total. The molecule has 0 heterocycles. The standard InChI is InChI=1S/C14H36O2Si3/c1-13(2,3)11-18(12-14(4,5)6)16-19(9,10)15-17(7)8/h17-18H,11-12H2,1-10H3. The van der Waals surface area contributed by atoms with Crippen LogP contribution in [-0.2, 0) is 8.23 Å². The van der Waals surface area contributed by atoms with E-state index >= 15 is 0 Å². The van der Waals surface area contributed by atoms with Crippen molar-refractivity contribution in [2.75, 3.05) is 0 Å². The molecule has 0 unspecified atom stereocenters. The van der Waals surface area contributed by atoms with Crippen LogP contribution in [0.1, 0.15) is 41.5 Å². The molecule has 0 amide bonds. The van der Waals surface area contributed by atoms with Gasteiger partial charge in [0, 0.05) is 0 Å². The molecule has 0 radical (unpaired) electrons. The molecule has 0 atom stereocenters. The highest BCUT2D eigenvalue weighted by atomic mass is 28.5. The Hall–Kier alpha value is 0.571. The summed E-state index contributed by atoms with van der Waals surface area (Å²) >= 11 is 0. The zero-order chi connectivity index (χ0) is 15.5. The summed E-state index contributed by atoms with van der Waals surface area (Å²) in [5, 5.41) is 0. The molecular formula is C14H36O2Si3. The van der Waals surface area contributed by atoms with Crippen LogP contribution in [0.4, 0.5) is 0 Å². The van der Waals surface area contributed by atoms with Crippen molar-refractivity contribution >= 4 is 26.6 Å². The fourth-order valence-electron chi connectivity index (χ4n) is 2.52. The van der Waals surface area contributed by atoms with E-state index in [1.807, 2.05) is 0 Å². The van der Waals surface area contributed by atoms with Crippen LogP contribution in [0.3, 0.4) is 0 Å². The Bertz CT molecular complexity index is 249. The van der Waals surface area contributed by atoms with Gasteiger partial charge in [0.15, 0.2) is 18.1 Å². The maximum atomic E-state index is 6.59. The molecule has 0 rings (SSSR count). The van der Waals surface area contributed by atoms with Crippen molar-refractivity contribution in [3.8, 4) is 0 Å². The van der Waals surface area contributed by atoms with Crippen LogP contribution < -0.4 is 0 Å². The van der Waals surface area contributed by atoms with Gasteiger partial charge in [-0.25, -0.2) is 0 Å². The minimum Gasteiger partial charge on any atom is -0.440 e. The largest absolute Gasteiger partial charge is 0.440 e. The molecule has 5 heteroatoms. The minimum absolute atomic E-state index is 0.363. The Morgan fingerprint density at radius 2 is 1.16 bits per heavy atom. The average Bonchev–Trinajstić information content (AvgIpc) is 1.89. The van der Waals surface area contributed by atoms with E-state index in [0.717, 1.165) is 0 Å². The SMILES string of the molecule is C[SiH](C)O[Si](C)(C)O[SiH](CC(C)(C)C)CC(C)(C)C. The Labute approximate surface area is 126 Å². The summed E-state index contributed by atoms with van der Waals surface area (Å²) in [4.78, 5) is 0. The normalized spacial score (nSPS) is 14.5. The van der Waals surface area contributed by atoms with E-state index in [-0.39, 0.29) is 0 Å². The van der Waals surface area contributed by atoms with Crippen molar-refractivity contribution < 1.29 is 8.23 Å². The lowest BCUT2D eigenvalue weighted by Gasteiger charge is -2.36. The summed E-state index contributed by atoms with van der Waals surface area (Å²) in [7, 11) is -4.12. The Morgan fingerprint density at radius 1 is 0.789 bits per heavy atom. The minimum atomic E-state index is -1.91. The summed E-state index contributed by atoms with van der Waals surface area (Å²) in [6, 6.07) is 2.48. The molecule has 0 bridgehead atoms. The summed E-state index contributed by atoms with van der Waals surface area (Å²) in [5.74, 6) is 0. The van der Waals surface area contributed by atoms with Crippen LogP contribution in [0.15, 0.2) is 0 Å². The molecule has 2 nitrogen and oxygen atoms in total. The maximum Gasteiger partial charge on any atom is 0.310 e. The molecule has 0 aromatic carbocycles.